The van der Waals surface area contributed by atoms with Crippen LogP contribution in [0.25, 0.3) is 0 Å². The van der Waals surface area contributed by atoms with Crippen molar-refractivity contribution in [1.29, 1.82) is 0 Å². The van der Waals surface area contributed by atoms with Crippen LogP contribution in [0.5, 0.6) is 5.75 Å². The van der Waals surface area contributed by atoms with E-state index < -0.39 is 0 Å². The molecule has 3 heterocycles. The minimum absolute atomic E-state index is 0.157. The molecule has 0 bridgehead atoms. The Labute approximate surface area is 129 Å². The Kier molecular flexibility index (Phi) is 4.39. The number of pyridine rings is 1. The Hall–Kier alpha value is -2.34. The molecule has 1 amide bonds. The van der Waals surface area contributed by atoms with Crippen LogP contribution in [0.1, 0.15) is 23.2 Å². The van der Waals surface area contributed by atoms with Crippen molar-refractivity contribution in [3.63, 3.8) is 0 Å². The van der Waals surface area contributed by atoms with Gasteiger partial charge in [0.15, 0.2) is 11.6 Å². The van der Waals surface area contributed by atoms with Gasteiger partial charge in [-0.25, -0.2) is 4.98 Å². The first kappa shape index (κ1) is 14.6. The highest BCUT2D eigenvalue weighted by atomic mass is 16.5. The molecule has 1 saturated heterocycles. The zero-order valence-electron chi connectivity index (χ0n) is 12.5. The molecule has 2 aromatic heterocycles. The van der Waals surface area contributed by atoms with Crippen LogP contribution in [0, 0.1) is 0 Å². The fourth-order valence-electron chi connectivity index (χ4n) is 2.44. The third kappa shape index (κ3) is 3.46. The summed E-state index contributed by atoms with van der Waals surface area (Å²) in [4.78, 5) is 18.6. The molecule has 6 heteroatoms. The molecule has 0 saturated carbocycles. The van der Waals surface area contributed by atoms with Gasteiger partial charge in [0.1, 0.15) is 12.4 Å². The standard InChI is InChI=1S/C16H19N3O3/c1-19-8-4-13(5-9-19)22-14-3-2-7-17-15(14)18-16(20)12-6-10-21-11-12/h2-3,6-7,10-11,13H,4-5,8-9H2,1H3,(H,17,18,20). The minimum Gasteiger partial charge on any atom is -0.486 e. The molecule has 0 aliphatic carbocycles. The van der Waals surface area contributed by atoms with E-state index in [9.17, 15) is 4.79 Å². The number of nitrogens with zero attached hydrogens (tertiary/aromatic N) is 2. The highest BCUT2D eigenvalue weighted by Gasteiger charge is 2.20. The molecule has 0 spiro atoms. The normalized spacial score (nSPS) is 16.4. The first-order valence-corrected chi connectivity index (χ1v) is 7.36. The van der Waals surface area contributed by atoms with Gasteiger partial charge in [-0.3, -0.25) is 4.79 Å². The minimum atomic E-state index is -0.263. The number of ether oxygens (including phenoxy) is 1. The van der Waals surface area contributed by atoms with Crippen LogP contribution in [0.2, 0.25) is 0 Å². The van der Waals surface area contributed by atoms with Crippen LogP contribution in [-0.2, 0) is 0 Å². The maximum atomic E-state index is 12.1. The molecule has 2 aromatic rings. The Morgan fingerprint density at radius 3 is 2.95 bits per heavy atom. The lowest BCUT2D eigenvalue weighted by Gasteiger charge is -2.29. The topological polar surface area (TPSA) is 67.6 Å². The summed E-state index contributed by atoms with van der Waals surface area (Å²) in [6.45, 7) is 2.03. The smallest absolute Gasteiger partial charge is 0.260 e. The van der Waals surface area contributed by atoms with Gasteiger partial charge in [0, 0.05) is 19.3 Å². The summed E-state index contributed by atoms with van der Waals surface area (Å²) < 4.78 is 10.9. The number of anilines is 1. The van der Waals surface area contributed by atoms with Crippen LogP contribution >= 0.6 is 0 Å². The van der Waals surface area contributed by atoms with Gasteiger partial charge in [-0.15, -0.1) is 0 Å². The molecule has 0 atom stereocenters. The van der Waals surface area contributed by atoms with Crippen molar-refractivity contribution >= 4 is 11.7 Å². The summed E-state index contributed by atoms with van der Waals surface area (Å²) in [6.07, 6.45) is 6.59. The maximum absolute atomic E-state index is 12.1. The quantitative estimate of drug-likeness (QED) is 0.939. The molecule has 0 radical (unpaired) electrons. The zero-order valence-corrected chi connectivity index (χ0v) is 12.5. The number of furan rings is 1. The highest BCUT2D eigenvalue weighted by Crippen LogP contribution is 2.25. The molecule has 116 valence electrons. The summed E-state index contributed by atoms with van der Waals surface area (Å²) >= 11 is 0. The van der Waals surface area contributed by atoms with E-state index in [4.69, 9.17) is 9.15 Å². The van der Waals surface area contributed by atoms with Crippen LogP contribution in [-0.4, -0.2) is 42.0 Å². The highest BCUT2D eigenvalue weighted by molar-refractivity contribution is 6.04. The molecule has 1 aliphatic rings. The fraction of sp³-hybridized carbons (Fsp3) is 0.375. The second kappa shape index (κ2) is 6.62. The molecule has 6 nitrogen and oxygen atoms in total. The lowest BCUT2D eigenvalue weighted by molar-refractivity contribution is 0.102. The first-order valence-electron chi connectivity index (χ1n) is 7.36. The molecule has 1 aliphatic heterocycles. The number of aromatic nitrogens is 1. The van der Waals surface area contributed by atoms with Crippen LogP contribution < -0.4 is 10.1 Å². The Morgan fingerprint density at radius 2 is 2.23 bits per heavy atom. The largest absolute Gasteiger partial charge is 0.486 e. The molecule has 0 unspecified atom stereocenters. The van der Waals surface area contributed by atoms with Crippen LogP contribution in [0.3, 0.4) is 0 Å². The van der Waals surface area contributed by atoms with E-state index in [1.807, 2.05) is 6.07 Å². The summed E-state index contributed by atoms with van der Waals surface area (Å²) in [5.74, 6) is 0.780. The van der Waals surface area contributed by atoms with Crippen molar-refractivity contribution in [1.82, 2.24) is 9.88 Å². The molecule has 0 aromatic carbocycles. The number of carbonyl (C=O) groups excluding carboxylic acids is 1. The van der Waals surface area contributed by atoms with Gasteiger partial charge < -0.3 is 19.4 Å². The number of amides is 1. The SMILES string of the molecule is CN1CCC(Oc2cccnc2NC(=O)c2ccoc2)CC1. The lowest BCUT2D eigenvalue weighted by atomic mass is 10.1. The average Bonchev–Trinajstić information content (AvgIpc) is 3.06. The van der Waals surface area contributed by atoms with Crippen molar-refractivity contribution < 1.29 is 13.9 Å². The number of rotatable bonds is 4. The van der Waals surface area contributed by atoms with E-state index in [2.05, 4.69) is 22.2 Å². The molecular weight excluding hydrogens is 282 g/mol. The van der Waals surface area contributed by atoms with Gasteiger partial charge >= 0.3 is 0 Å². The number of likely N-dealkylation sites (tertiary alicyclic amines) is 1. The van der Waals surface area contributed by atoms with Gasteiger partial charge in [-0.1, -0.05) is 0 Å². The third-order valence-electron chi connectivity index (χ3n) is 3.75. The number of nitrogens with one attached hydrogen (secondary N) is 1. The van der Waals surface area contributed by atoms with Gasteiger partial charge in [0.05, 0.1) is 11.8 Å². The van der Waals surface area contributed by atoms with E-state index in [0.29, 0.717) is 17.1 Å². The Bertz CT molecular complexity index is 619. The zero-order chi connectivity index (χ0) is 15.4. The maximum Gasteiger partial charge on any atom is 0.260 e. The summed E-state index contributed by atoms with van der Waals surface area (Å²) in [7, 11) is 2.11. The second-order valence-corrected chi connectivity index (χ2v) is 5.44. The van der Waals surface area contributed by atoms with E-state index in [1.54, 1.807) is 18.3 Å². The summed E-state index contributed by atoms with van der Waals surface area (Å²) in [6, 6.07) is 5.24. The van der Waals surface area contributed by atoms with Crippen molar-refractivity contribution in [3.8, 4) is 5.75 Å². The predicted octanol–water partition coefficient (Wildman–Crippen LogP) is 2.40. The van der Waals surface area contributed by atoms with E-state index in [1.165, 1.54) is 12.5 Å². The lowest BCUT2D eigenvalue weighted by Crippen LogP contribution is -2.35. The summed E-state index contributed by atoms with van der Waals surface area (Å²) in [5, 5.41) is 2.77. The van der Waals surface area contributed by atoms with Crippen LogP contribution in [0.15, 0.2) is 41.3 Å². The Balaban J connectivity index is 1.68. The molecule has 1 fully saturated rings. The predicted molar refractivity (Wildman–Crippen MR) is 82.0 cm³/mol. The third-order valence-corrected chi connectivity index (χ3v) is 3.75. The monoisotopic (exact) mass is 301 g/mol. The molecular formula is C16H19N3O3. The first-order chi connectivity index (χ1) is 10.7. The number of hydrogen-bond donors (Lipinski definition) is 1. The number of hydrogen-bond acceptors (Lipinski definition) is 5. The molecule has 3 rings (SSSR count). The Morgan fingerprint density at radius 1 is 1.41 bits per heavy atom. The van der Waals surface area contributed by atoms with E-state index >= 15 is 0 Å². The van der Waals surface area contributed by atoms with Crippen molar-refractivity contribution in [2.75, 3.05) is 25.5 Å². The van der Waals surface area contributed by atoms with Crippen molar-refractivity contribution in [3.05, 3.63) is 42.5 Å². The van der Waals surface area contributed by atoms with Crippen LogP contribution in [0.4, 0.5) is 5.82 Å². The molecule has 22 heavy (non-hydrogen) atoms. The fourth-order valence-corrected chi connectivity index (χ4v) is 2.44. The van der Waals surface area contributed by atoms with Gasteiger partial charge in [0.25, 0.3) is 5.91 Å². The van der Waals surface area contributed by atoms with Crippen molar-refractivity contribution in [2.24, 2.45) is 0 Å². The van der Waals surface area contributed by atoms with Gasteiger partial charge in [-0.05, 0) is 38.1 Å². The van der Waals surface area contributed by atoms with E-state index in [0.717, 1.165) is 25.9 Å². The average molecular weight is 301 g/mol. The number of piperidine rings is 1. The van der Waals surface area contributed by atoms with Gasteiger partial charge in [0.2, 0.25) is 0 Å². The summed E-state index contributed by atoms with van der Waals surface area (Å²) in [5.41, 5.74) is 0.455. The van der Waals surface area contributed by atoms with E-state index in [-0.39, 0.29) is 12.0 Å². The molecule has 1 N–H and O–H groups in total. The van der Waals surface area contributed by atoms with Crippen molar-refractivity contribution in [2.45, 2.75) is 18.9 Å². The second-order valence-electron chi connectivity index (χ2n) is 5.44. The number of carbonyl (C=O) groups is 1. The van der Waals surface area contributed by atoms with Gasteiger partial charge in [-0.2, -0.15) is 0 Å².